The molecule has 1 rings (SSSR count). The van der Waals surface area contributed by atoms with Gasteiger partial charge in [0, 0.05) is 12.8 Å². The van der Waals surface area contributed by atoms with Crippen LogP contribution in [0, 0.1) is 0 Å². The third-order valence-electron chi connectivity index (χ3n) is 10.3. The highest BCUT2D eigenvalue weighted by Gasteiger charge is 2.51. The summed E-state index contributed by atoms with van der Waals surface area (Å²) in [6.45, 7) is 3.25. The molecule has 0 saturated heterocycles. The molecule has 1 aliphatic carbocycles. The number of hydrogen-bond donors (Lipinski definition) is 6. The number of phosphoric ester groups is 1. The third kappa shape index (κ3) is 26.9. The molecule has 0 aromatic rings. The van der Waals surface area contributed by atoms with Crippen molar-refractivity contribution in [3.63, 3.8) is 0 Å². The van der Waals surface area contributed by atoms with Crippen LogP contribution in [0.1, 0.15) is 181 Å². The summed E-state index contributed by atoms with van der Waals surface area (Å²) in [5.41, 5.74) is 0. The van der Waals surface area contributed by atoms with Crippen molar-refractivity contribution in [1.29, 1.82) is 0 Å². The predicted octanol–water partition coefficient (Wildman–Crippen LogP) is 8.06. The molecule has 1 saturated carbocycles. The highest BCUT2D eigenvalue weighted by Crippen LogP contribution is 2.47. The van der Waals surface area contributed by atoms with Crippen LogP contribution in [0.2, 0.25) is 0 Å². The van der Waals surface area contributed by atoms with E-state index < -0.39 is 75.7 Å². The van der Waals surface area contributed by atoms with Crippen LogP contribution < -0.4 is 0 Å². The molecule has 0 bridgehead atoms. The second-order valence-corrected chi connectivity index (χ2v) is 17.0. The van der Waals surface area contributed by atoms with Crippen molar-refractivity contribution in [3.05, 3.63) is 24.3 Å². The Hall–Kier alpha value is -1.67. The minimum absolute atomic E-state index is 0.0937. The Morgan fingerprint density at radius 1 is 0.544 bits per heavy atom. The largest absolute Gasteiger partial charge is 0.472 e. The van der Waals surface area contributed by atoms with E-state index in [1.54, 1.807) is 0 Å². The maximum absolute atomic E-state index is 12.8. The Bertz CT molecular complexity index is 1100. The van der Waals surface area contributed by atoms with E-state index in [0.717, 1.165) is 51.4 Å². The molecule has 1 aliphatic rings. The first-order valence-corrected chi connectivity index (χ1v) is 23.6. The van der Waals surface area contributed by atoms with Gasteiger partial charge in [0.25, 0.3) is 0 Å². The van der Waals surface area contributed by atoms with Crippen LogP contribution >= 0.6 is 7.82 Å². The summed E-state index contributed by atoms with van der Waals surface area (Å²) in [6.07, 6.45) is 22.4. The van der Waals surface area contributed by atoms with Crippen LogP contribution in [0.25, 0.3) is 0 Å². The molecule has 13 nitrogen and oxygen atoms in total. The van der Waals surface area contributed by atoms with Crippen molar-refractivity contribution in [2.24, 2.45) is 0 Å². The van der Waals surface area contributed by atoms with Gasteiger partial charge in [-0.3, -0.25) is 18.6 Å². The van der Waals surface area contributed by atoms with Gasteiger partial charge in [0.15, 0.2) is 6.10 Å². The van der Waals surface area contributed by atoms with Gasteiger partial charge in [-0.15, -0.1) is 0 Å². The number of rotatable bonds is 36. The fraction of sp³-hybridized carbons (Fsp3) is 0.860. The maximum Gasteiger partial charge on any atom is 0.472 e. The summed E-state index contributed by atoms with van der Waals surface area (Å²) >= 11 is 0. The number of hydrogen-bond acceptors (Lipinski definition) is 12. The van der Waals surface area contributed by atoms with Gasteiger partial charge in [-0.1, -0.05) is 147 Å². The summed E-state index contributed by atoms with van der Waals surface area (Å²) in [5, 5.41) is 50.0. The highest BCUT2D eigenvalue weighted by molar-refractivity contribution is 7.47. The number of phosphoric acid groups is 1. The lowest BCUT2D eigenvalue weighted by molar-refractivity contribution is -0.220. The Kier molecular flexibility index (Phi) is 31.9. The maximum atomic E-state index is 12.8. The number of unbranched alkanes of at least 4 members (excludes halogenated alkanes) is 20. The van der Waals surface area contributed by atoms with Crippen molar-refractivity contribution in [2.75, 3.05) is 13.2 Å². The van der Waals surface area contributed by atoms with Gasteiger partial charge in [0.05, 0.1) is 6.61 Å². The molecule has 6 unspecified atom stereocenters. The van der Waals surface area contributed by atoms with Gasteiger partial charge in [0.1, 0.15) is 43.2 Å². The topological polar surface area (TPSA) is 210 Å². The van der Waals surface area contributed by atoms with Gasteiger partial charge in [-0.05, 0) is 44.9 Å². The standard InChI is InChI=1S/C43H79O13P/c1-3-5-7-9-11-13-15-17-18-20-21-23-25-27-29-31-36(44)53-33-35(34-54-57(51,52)56-43-41(49)39(47)38(46)40(48)42(43)50)55-37(45)32-30-28-26-24-22-19-16-14-12-10-8-6-4-2/h17-18,21,23,35,38-43,46-50H,3-16,19-20,22,24-34H2,1-2H3,(H,51,52)/b18-17+,23-21+/t35-,38?,39-,40?,41?,42?,43?/m0/s1. The van der Waals surface area contributed by atoms with Crippen molar-refractivity contribution in [1.82, 2.24) is 0 Å². The van der Waals surface area contributed by atoms with Gasteiger partial charge in [0.2, 0.25) is 0 Å². The third-order valence-corrected chi connectivity index (χ3v) is 11.3. The summed E-state index contributed by atoms with van der Waals surface area (Å²) < 4.78 is 33.4. The highest BCUT2D eigenvalue weighted by atomic mass is 31.2. The molecule has 57 heavy (non-hydrogen) atoms. The molecule has 334 valence electrons. The number of allylic oxidation sites excluding steroid dienone is 4. The van der Waals surface area contributed by atoms with E-state index in [4.69, 9.17) is 18.5 Å². The zero-order valence-electron chi connectivity index (χ0n) is 35.1. The van der Waals surface area contributed by atoms with Crippen molar-refractivity contribution in [2.45, 2.75) is 224 Å². The van der Waals surface area contributed by atoms with Crippen molar-refractivity contribution >= 4 is 19.8 Å². The fourth-order valence-corrected chi connectivity index (χ4v) is 7.64. The van der Waals surface area contributed by atoms with E-state index in [2.05, 4.69) is 38.2 Å². The average Bonchev–Trinajstić information content (AvgIpc) is 3.19. The number of aliphatic hydroxyl groups excluding tert-OH is 5. The van der Waals surface area contributed by atoms with Crippen LogP contribution in [0.4, 0.5) is 0 Å². The fourth-order valence-electron chi connectivity index (χ4n) is 6.67. The molecule has 0 aliphatic heterocycles. The quantitative estimate of drug-likeness (QED) is 0.0153. The first kappa shape index (κ1) is 53.3. The SMILES string of the molecule is CCCCCCCC/C=C/C/C=C/CCCCC(=O)OC[C@@H](COP(=O)(O)OC1C(O)C(O)C(O)[C@H](O)C1O)OC(=O)CCCCCCCCCCCCCCC. The van der Waals surface area contributed by atoms with E-state index in [9.17, 15) is 44.6 Å². The molecule has 0 aromatic carbocycles. The molecular formula is C43H79O13P. The molecule has 0 heterocycles. The van der Waals surface area contributed by atoms with Gasteiger partial charge in [-0.25, -0.2) is 4.57 Å². The van der Waals surface area contributed by atoms with Crippen LogP contribution in [-0.2, 0) is 32.7 Å². The first-order chi connectivity index (χ1) is 27.4. The first-order valence-electron chi connectivity index (χ1n) is 22.1. The summed E-state index contributed by atoms with van der Waals surface area (Å²) in [7, 11) is -5.12. The Morgan fingerprint density at radius 2 is 0.947 bits per heavy atom. The molecule has 8 atom stereocenters. The minimum atomic E-state index is -5.12. The number of esters is 2. The van der Waals surface area contributed by atoms with Gasteiger partial charge < -0.3 is 39.9 Å². The van der Waals surface area contributed by atoms with Crippen LogP contribution in [0.5, 0.6) is 0 Å². The smallest absolute Gasteiger partial charge is 0.462 e. The number of aliphatic hydroxyl groups is 5. The summed E-state index contributed by atoms with van der Waals surface area (Å²) in [5.74, 6) is -1.13. The van der Waals surface area contributed by atoms with E-state index in [1.807, 2.05) is 0 Å². The summed E-state index contributed by atoms with van der Waals surface area (Å²) in [4.78, 5) is 35.6. The van der Waals surface area contributed by atoms with E-state index in [0.29, 0.717) is 12.8 Å². The molecule has 1 fully saturated rings. The van der Waals surface area contributed by atoms with Crippen molar-refractivity contribution < 1.29 is 63.1 Å². The lowest BCUT2D eigenvalue weighted by atomic mass is 9.85. The zero-order valence-corrected chi connectivity index (χ0v) is 36.0. The Labute approximate surface area is 343 Å². The molecule has 0 radical (unpaired) electrons. The van der Waals surface area contributed by atoms with Crippen molar-refractivity contribution in [3.8, 4) is 0 Å². The molecule has 0 spiro atoms. The number of carbonyl (C=O) groups is 2. The second kappa shape index (κ2) is 34.1. The predicted molar refractivity (Wildman–Crippen MR) is 221 cm³/mol. The minimum Gasteiger partial charge on any atom is -0.462 e. The molecular weight excluding hydrogens is 755 g/mol. The molecule has 14 heteroatoms. The number of ether oxygens (including phenoxy) is 2. The Morgan fingerprint density at radius 3 is 1.46 bits per heavy atom. The van der Waals surface area contributed by atoms with E-state index in [1.165, 1.54) is 89.9 Å². The summed E-state index contributed by atoms with van der Waals surface area (Å²) in [6, 6.07) is 0. The Balaban J connectivity index is 2.50. The van der Waals surface area contributed by atoms with E-state index in [-0.39, 0.29) is 12.8 Å². The van der Waals surface area contributed by atoms with Crippen LogP contribution in [-0.4, -0.2) is 98.3 Å². The monoisotopic (exact) mass is 835 g/mol. The molecule has 0 aromatic heterocycles. The normalized spacial score (nSPS) is 22.9. The average molecular weight is 835 g/mol. The van der Waals surface area contributed by atoms with Gasteiger partial charge in [-0.2, -0.15) is 0 Å². The molecule has 6 N–H and O–H groups in total. The van der Waals surface area contributed by atoms with Crippen LogP contribution in [0.15, 0.2) is 24.3 Å². The lowest BCUT2D eigenvalue weighted by Crippen LogP contribution is -2.64. The number of carbonyl (C=O) groups excluding carboxylic acids is 2. The molecule has 0 amide bonds. The van der Waals surface area contributed by atoms with Crippen LogP contribution in [0.3, 0.4) is 0 Å². The van der Waals surface area contributed by atoms with E-state index >= 15 is 0 Å². The lowest BCUT2D eigenvalue weighted by Gasteiger charge is -2.41. The second-order valence-electron chi connectivity index (χ2n) is 15.6. The van der Waals surface area contributed by atoms with Gasteiger partial charge >= 0.3 is 19.8 Å². The zero-order chi connectivity index (χ0) is 42.2.